The number of benzene rings is 1. The first-order chi connectivity index (χ1) is 9.57. The lowest BCUT2D eigenvalue weighted by molar-refractivity contribution is -0.148. The van der Waals surface area contributed by atoms with Crippen molar-refractivity contribution in [2.24, 2.45) is 0 Å². The minimum Gasteiger partial charge on any atom is -0.479 e. The largest absolute Gasteiger partial charge is 0.479 e. The van der Waals surface area contributed by atoms with Crippen LogP contribution in [-0.4, -0.2) is 28.4 Å². The fourth-order valence-electron chi connectivity index (χ4n) is 1.86. The molecule has 21 heavy (non-hydrogen) atoms. The number of nitrogens with zero attached hydrogens (tertiary/aromatic N) is 1. The lowest BCUT2D eigenvalue weighted by atomic mass is 10.0. The summed E-state index contributed by atoms with van der Waals surface area (Å²) in [6.07, 6.45) is -4.61. The highest BCUT2D eigenvalue weighted by atomic mass is 19.4. The number of carbonyl (C=O) groups is 2. The van der Waals surface area contributed by atoms with Crippen LogP contribution in [0.25, 0.3) is 0 Å². The molecule has 0 saturated heterocycles. The SMILES string of the molecule is CC(C)N(C=O)C(C(=O)O)c1cc(F)cc(C(F)(F)F)c1. The Morgan fingerprint density at radius 3 is 2.24 bits per heavy atom. The molecule has 1 aromatic carbocycles. The summed E-state index contributed by atoms with van der Waals surface area (Å²) in [5.74, 6) is -2.77. The fraction of sp³-hybridized carbons (Fsp3) is 0.385. The summed E-state index contributed by atoms with van der Waals surface area (Å²) in [6.45, 7) is 2.99. The summed E-state index contributed by atoms with van der Waals surface area (Å²) in [7, 11) is 0. The Labute approximate surface area is 118 Å². The normalized spacial score (nSPS) is 13.1. The zero-order chi connectivity index (χ0) is 16.4. The smallest absolute Gasteiger partial charge is 0.416 e. The molecule has 4 nitrogen and oxygen atoms in total. The van der Waals surface area contributed by atoms with E-state index < -0.39 is 41.2 Å². The van der Waals surface area contributed by atoms with E-state index >= 15 is 0 Å². The van der Waals surface area contributed by atoms with Crippen LogP contribution in [0.4, 0.5) is 17.6 Å². The van der Waals surface area contributed by atoms with Gasteiger partial charge in [-0.05, 0) is 37.6 Å². The predicted molar refractivity (Wildman–Crippen MR) is 64.8 cm³/mol. The Kier molecular flexibility index (Phi) is 4.93. The number of amides is 1. The second-order valence-electron chi connectivity index (χ2n) is 4.66. The van der Waals surface area contributed by atoms with Crippen molar-refractivity contribution >= 4 is 12.4 Å². The van der Waals surface area contributed by atoms with Gasteiger partial charge in [0.25, 0.3) is 0 Å². The molecule has 1 N–H and O–H groups in total. The van der Waals surface area contributed by atoms with Crippen molar-refractivity contribution in [1.29, 1.82) is 0 Å². The molecular weight excluding hydrogens is 294 g/mol. The molecule has 1 amide bonds. The van der Waals surface area contributed by atoms with Gasteiger partial charge in [0.15, 0.2) is 6.04 Å². The standard InChI is InChI=1S/C13H13F4NO3/c1-7(2)18(6-19)11(12(20)21)8-3-9(13(15,16)17)5-10(14)4-8/h3-7,11H,1-2H3,(H,20,21). The van der Waals surface area contributed by atoms with Crippen LogP contribution >= 0.6 is 0 Å². The first-order valence-electron chi connectivity index (χ1n) is 5.91. The highest BCUT2D eigenvalue weighted by Gasteiger charge is 2.35. The van der Waals surface area contributed by atoms with Gasteiger partial charge in [0.1, 0.15) is 5.82 Å². The van der Waals surface area contributed by atoms with Gasteiger partial charge in [0, 0.05) is 6.04 Å². The lowest BCUT2D eigenvalue weighted by Crippen LogP contribution is -2.38. The van der Waals surface area contributed by atoms with Crippen LogP contribution in [0.1, 0.15) is 31.0 Å². The third-order valence-electron chi connectivity index (χ3n) is 2.81. The van der Waals surface area contributed by atoms with Crippen LogP contribution in [0.5, 0.6) is 0 Å². The highest BCUT2D eigenvalue weighted by Crippen LogP contribution is 2.33. The van der Waals surface area contributed by atoms with Crippen LogP contribution < -0.4 is 0 Å². The highest BCUT2D eigenvalue weighted by molar-refractivity contribution is 5.78. The van der Waals surface area contributed by atoms with Crippen LogP contribution in [0.2, 0.25) is 0 Å². The number of alkyl halides is 3. The van der Waals surface area contributed by atoms with Crippen molar-refractivity contribution in [2.45, 2.75) is 32.1 Å². The molecule has 1 atom stereocenters. The molecule has 0 aliphatic rings. The summed E-state index contributed by atoms with van der Waals surface area (Å²) in [6, 6.07) is -0.808. The number of hydrogen-bond acceptors (Lipinski definition) is 2. The Balaban J connectivity index is 3.42. The minimum atomic E-state index is -4.82. The average molecular weight is 307 g/mol. The molecule has 0 aromatic heterocycles. The Hall–Kier alpha value is -2.12. The maximum absolute atomic E-state index is 13.4. The molecule has 0 aliphatic carbocycles. The van der Waals surface area contributed by atoms with Gasteiger partial charge in [0.05, 0.1) is 5.56 Å². The van der Waals surface area contributed by atoms with Gasteiger partial charge in [-0.1, -0.05) is 0 Å². The predicted octanol–water partition coefficient (Wildman–Crippen LogP) is 2.84. The summed E-state index contributed by atoms with van der Waals surface area (Å²) >= 11 is 0. The minimum absolute atomic E-state index is 0.210. The second kappa shape index (κ2) is 6.11. The van der Waals surface area contributed by atoms with Gasteiger partial charge in [0.2, 0.25) is 6.41 Å². The number of hydrogen-bond donors (Lipinski definition) is 1. The van der Waals surface area contributed by atoms with E-state index in [9.17, 15) is 27.2 Å². The monoisotopic (exact) mass is 307 g/mol. The molecule has 0 aliphatic heterocycles. The molecule has 0 fully saturated rings. The van der Waals surface area contributed by atoms with Gasteiger partial charge < -0.3 is 10.0 Å². The van der Waals surface area contributed by atoms with E-state index in [4.69, 9.17) is 5.11 Å². The van der Waals surface area contributed by atoms with Crippen molar-refractivity contribution in [2.75, 3.05) is 0 Å². The van der Waals surface area contributed by atoms with E-state index in [-0.39, 0.29) is 12.5 Å². The second-order valence-corrected chi connectivity index (χ2v) is 4.66. The number of carbonyl (C=O) groups excluding carboxylic acids is 1. The van der Waals surface area contributed by atoms with Crippen molar-refractivity contribution in [3.8, 4) is 0 Å². The van der Waals surface area contributed by atoms with Crippen molar-refractivity contribution < 1.29 is 32.3 Å². The topological polar surface area (TPSA) is 57.6 Å². The van der Waals surface area contributed by atoms with Crippen LogP contribution in [0, 0.1) is 5.82 Å². The van der Waals surface area contributed by atoms with Crippen molar-refractivity contribution in [3.63, 3.8) is 0 Å². The zero-order valence-corrected chi connectivity index (χ0v) is 11.2. The molecule has 0 saturated carbocycles. The third kappa shape index (κ3) is 3.93. The maximum atomic E-state index is 13.4. The number of rotatable bonds is 5. The molecule has 1 rings (SSSR count). The molecule has 8 heteroatoms. The van der Waals surface area contributed by atoms with Gasteiger partial charge in [-0.3, -0.25) is 4.79 Å². The van der Waals surface area contributed by atoms with Gasteiger partial charge in [-0.2, -0.15) is 13.2 Å². The first kappa shape index (κ1) is 16.9. The summed E-state index contributed by atoms with van der Waals surface area (Å²) in [5.41, 5.74) is -1.76. The molecule has 1 unspecified atom stereocenters. The van der Waals surface area contributed by atoms with Gasteiger partial charge in [-0.15, -0.1) is 0 Å². The molecular formula is C13H13F4NO3. The summed E-state index contributed by atoms with van der Waals surface area (Å²) in [5, 5.41) is 9.16. The maximum Gasteiger partial charge on any atom is 0.416 e. The molecule has 0 spiro atoms. The molecule has 0 radical (unpaired) electrons. The third-order valence-corrected chi connectivity index (χ3v) is 2.81. The average Bonchev–Trinajstić information content (AvgIpc) is 2.32. The Morgan fingerprint density at radius 2 is 1.86 bits per heavy atom. The van der Waals surface area contributed by atoms with E-state index in [2.05, 4.69) is 0 Å². The number of halogens is 4. The quantitative estimate of drug-likeness (QED) is 0.672. The molecule has 0 heterocycles. The van der Waals surface area contributed by atoms with Crippen LogP contribution in [0.3, 0.4) is 0 Å². The molecule has 1 aromatic rings. The zero-order valence-electron chi connectivity index (χ0n) is 11.2. The van der Waals surface area contributed by atoms with E-state index in [1.54, 1.807) is 0 Å². The van der Waals surface area contributed by atoms with Crippen molar-refractivity contribution in [3.05, 3.63) is 35.1 Å². The Bertz CT molecular complexity index is 543. The summed E-state index contributed by atoms with van der Waals surface area (Å²) < 4.78 is 51.3. The van der Waals surface area contributed by atoms with E-state index in [1.165, 1.54) is 13.8 Å². The number of aliphatic carboxylic acids is 1. The lowest BCUT2D eigenvalue weighted by Gasteiger charge is -2.29. The first-order valence-corrected chi connectivity index (χ1v) is 5.91. The van der Waals surface area contributed by atoms with Crippen LogP contribution in [0.15, 0.2) is 18.2 Å². The van der Waals surface area contributed by atoms with E-state index in [1.807, 2.05) is 0 Å². The summed E-state index contributed by atoms with van der Waals surface area (Å²) in [4.78, 5) is 23.1. The van der Waals surface area contributed by atoms with Crippen molar-refractivity contribution in [1.82, 2.24) is 4.90 Å². The van der Waals surface area contributed by atoms with Gasteiger partial charge in [-0.25, -0.2) is 9.18 Å². The molecule has 0 bridgehead atoms. The van der Waals surface area contributed by atoms with Gasteiger partial charge >= 0.3 is 12.1 Å². The van der Waals surface area contributed by atoms with Crippen LogP contribution in [-0.2, 0) is 15.8 Å². The van der Waals surface area contributed by atoms with E-state index in [0.29, 0.717) is 12.1 Å². The van der Waals surface area contributed by atoms with E-state index in [0.717, 1.165) is 4.90 Å². The number of carboxylic acids is 1. The Morgan fingerprint density at radius 1 is 1.29 bits per heavy atom. The fourth-order valence-corrected chi connectivity index (χ4v) is 1.86. The molecule has 116 valence electrons. The number of carboxylic acid groups (broad SMARTS) is 1.